The van der Waals surface area contributed by atoms with Gasteiger partial charge in [0.25, 0.3) is 0 Å². The monoisotopic (exact) mass is 234 g/mol. The average molecular weight is 234 g/mol. The summed E-state index contributed by atoms with van der Waals surface area (Å²) in [7, 11) is 0. The lowest BCUT2D eigenvalue weighted by atomic mass is 10.3. The highest BCUT2D eigenvalue weighted by Crippen LogP contribution is 2.09. The molecule has 0 aliphatic carbocycles. The molecule has 0 atom stereocenters. The number of rotatable bonds is 4. The normalized spacial score (nSPS) is 10.8. The van der Waals surface area contributed by atoms with Gasteiger partial charge in [0.2, 0.25) is 5.95 Å². The number of anilines is 1. The van der Waals surface area contributed by atoms with Crippen molar-refractivity contribution in [3.8, 4) is 0 Å². The molecule has 2 aromatic rings. The van der Waals surface area contributed by atoms with E-state index in [0.29, 0.717) is 12.6 Å². The smallest absolute Gasteiger partial charge is 0.212 e. The summed E-state index contributed by atoms with van der Waals surface area (Å²) in [5.74, 6) is -0.469. The molecule has 4 nitrogen and oxygen atoms in total. The molecular weight excluding hydrogens is 219 g/mol. The van der Waals surface area contributed by atoms with E-state index in [1.807, 2.05) is 17.1 Å². The third kappa shape index (κ3) is 3.03. The maximum atomic E-state index is 12.6. The van der Waals surface area contributed by atoms with Gasteiger partial charge in [0.1, 0.15) is 0 Å². The Morgan fingerprint density at radius 1 is 1.35 bits per heavy atom. The van der Waals surface area contributed by atoms with Crippen molar-refractivity contribution in [2.75, 3.05) is 5.32 Å². The van der Waals surface area contributed by atoms with Crippen LogP contribution in [-0.4, -0.2) is 14.8 Å². The third-order valence-corrected chi connectivity index (χ3v) is 2.41. The minimum absolute atomic E-state index is 0.358. The molecule has 90 valence electrons. The van der Waals surface area contributed by atoms with Crippen LogP contribution in [0, 0.1) is 5.95 Å². The zero-order valence-corrected chi connectivity index (χ0v) is 9.89. The first-order valence-electron chi connectivity index (χ1n) is 5.53. The fraction of sp³-hybridized carbons (Fsp3) is 0.333. The second kappa shape index (κ2) is 4.95. The molecule has 0 aliphatic heterocycles. The maximum Gasteiger partial charge on any atom is 0.212 e. The number of aromatic nitrogens is 3. The van der Waals surface area contributed by atoms with Crippen LogP contribution >= 0.6 is 0 Å². The van der Waals surface area contributed by atoms with Crippen molar-refractivity contribution in [2.45, 2.75) is 26.4 Å². The summed E-state index contributed by atoms with van der Waals surface area (Å²) in [6.45, 7) is 4.81. The predicted octanol–water partition coefficient (Wildman–Crippen LogP) is 2.61. The van der Waals surface area contributed by atoms with E-state index in [-0.39, 0.29) is 0 Å². The van der Waals surface area contributed by atoms with Gasteiger partial charge in [-0.15, -0.1) is 0 Å². The molecule has 0 amide bonds. The van der Waals surface area contributed by atoms with Crippen molar-refractivity contribution in [1.29, 1.82) is 0 Å². The molecule has 0 saturated heterocycles. The Morgan fingerprint density at radius 3 is 2.76 bits per heavy atom. The van der Waals surface area contributed by atoms with Crippen LogP contribution < -0.4 is 5.32 Å². The largest absolute Gasteiger partial charge is 0.380 e. The second-order valence-electron chi connectivity index (χ2n) is 4.15. The van der Waals surface area contributed by atoms with Gasteiger partial charge in [0.15, 0.2) is 0 Å². The van der Waals surface area contributed by atoms with Gasteiger partial charge >= 0.3 is 0 Å². The molecule has 2 heterocycles. The fourth-order valence-electron chi connectivity index (χ4n) is 1.44. The highest BCUT2D eigenvalue weighted by molar-refractivity contribution is 5.40. The average Bonchev–Trinajstić information content (AvgIpc) is 2.77. The Morgan fingerprint density at radius 2 is 2.18 bits per heavy atom. The maximum absolute atomic E-state index is 12.6. The molecule has 2 aromatic heterocycles. The van der Waals surface area contributed by atoms with Crippen molar-refractivity contribution >= 4 is 5.69 Å². The number of nitrogens with one attached hydrogen (secondary N) is 1. The molecule has 0 spiro atoms. The van der Waals surface area contributed by atoms with E-state index in [0.717, 1.165) is 11.3 Å². The van der Waals surface area contributed by atoms with Crippen LogP contribution in [0.5, 0.6) is 0 Å². The number of hydrogen-bond acceptors (Lipinski definition) is 3. The zero-order chi connectivity index (χ0) is 12.3. The fourth-order valence-corrected chi connectivity index (χ4v) is 1.44. The summed E-state index contributed by atoms with van der Waals surface area (Å²) >= 11 is 0. The molecule has 0 saturated carbocycles. The topological polar surface area (TPSA) is 42.7 Å². The summed E-state index contributed by atoms with van der Waals surface area (Å²) in [6.07, 6.45) is 5.29. The number of pyridine rings is 1. The number of hydrogen-bond donors (Lipinski definition) is 1. The molecule has 0 fully saturated rings. The highest BCUT2D eigenvalue weighted by Gasteiger charge is 2.01. The molecule has 5 heteroatoms. The molecular formula is C12H15FN4. The van der Waals surface area contributed by atoms with Gasteiger partial charge in [0.05, 0.1) is 18.1 Å². The standard InChI is InChI=1S/C12H15FN4/c1-9(2)17-8-10(6-16-17)5-14-11-3-4-12(13)15-7-11/h3-4,6-9,14H,5H2,1-2H3. The quantitative estimate of drug-likeness (QED) is 0.827. The van der Waals surface area contributed by atoms with E-state index < -0.39 is 5.95 Å². The van der Waals surface area contributed by atoms with E-state index in [2.05, 4.69) is 29.2 Å². The molecule has 0 radical (unpaired) electrons. The molecule has 17 heavy (non-hydrogen) atoms. The van der Waals surface area contributed by atoms with Crippen molar-refractivity contribution in [1.82, 2.24) is 14.8 Å². The Bertz CT molecular complexity index is 476. The van der Waals surface area contributed by atoms with Crippen LogP contribution in [-0.2, 0) is 6.54 Å². The SMILES string of the molecule is CC(C)n1cc(CNc2ccc(F)nc2)cn1. The molecule has 0 aromatic carbocycles. The first-order chi connectivity index (χ1) is 8.15. The first kappa shape index (κ1) is 11.6. The minimum Gasteiger partial charge on any atom is -0.380 e. The molecule has 1 N–H and O–H groups in total. The van der Waals surface area contributed by atoms with Crippen LogP contribution in [0.4, 0.5) is 10.1 Å². The molecule has 0 unspecified atom stereocenters. The number of halogens is 1. The van der Waals surface area contributed by atoms with Crippen molar-refractivity contribution in [2.24, 2.45) is 0 Å². The van der Waals surface area contributed by atoms with E-state index in [1.54, 1.807) is 6.07 Å². The summed E-state index contributed by atoms with van der Waals surface area (Å²) in [5, 5.41) is 7.40. The van der Waals surface area contributed by atoms with Gasteiger partial charge in [-0.05, 0) is 26.0 Å². The summed E-state index contributed by atoms with van der Waals surface area (Å²) in [5.41, 5.74) is 1.88. The van der Waals surface area contributed by atoms with Gasteiger partial charge in [-0.1, -0.05) is 0 Å². The van der Waals surface area contributed by atoms with Crippen LogP contribution in [0.2, 0.25) is 0 Å². The van der Waals surface area contributed by atoms with E-state index >= 15 is 0 Å². The van der Waals surface area contributed by atoms with Gasteiger partial charge in [0, 0.05) is 24.3 Å². The molecule has 2 rings (SSSR count). The summed E-state index contributed by atoms with van der Waals surface area (Å²) in [6, 6.07) is 3.35. The lowest BCUT2D eigenvalue weighted by Gasteiger charge is -2.04. The minimum atomic E-state index is -0.469. The van der Waals surface area contributed by atoms with Gasteiger partial charge < -0.3 is 5.32 Å². The van der Waals surface area contributed by atoms with E-state index in [1.165, 1.54) is 12.3 Å². The predicted molar refractivity (Wildman–Crippen MR) is 64.1 cm³/mol. The highest BCUT2D eigenvalue weighted by atomic mass is 19.1. The zero-order valence-electron chi connectivity index (χ0n) is 9.89. The van der Waals surface area contributed by atoms with E-state index in [4.69, 9.17) is 0 Å². The van der Waals surface area contributed by atoms with Crippen LogP contribution in [0.15, 0.2) is 30.7 Å². The number of nitrogens with zero attached hydrogens (tertiary/aromatic N) is 3. The Hall–Kier alpha value is -1.91. The summed E-state index contributed by atoms with van der Waals surface area (Å²) in [4.78, 5) is 3.57. The Kier molecular flexibility index (Phi) is 3.37. The van der Waals surface area contributed by atoms with Gasteiger partial charge in [-0.3, -0.25) is 4.68 Å². The molecule has 0 aliphatic rings. The van der Waals surface area contributed by atoms with Crippen molar-refractivity contribution < 1.29 is 4.39 Å². The van der Waals surface area contributed by atoms with Gasteiger partial charge in [-0.2, -0.15) is 9.49 Å². The molecule has 0 bridgehead atoms. The lowest BCUT2D eigenvalue weighted by Crippen LogP contribution is -2.01. The lowest BCUT2D eigenvalue weighted by molar-refractivity contribution is 0.532. The van der Waals surface area contributed by atoms with Crippen molar-refractivity contribution in [3.63, 3.8) is 0 Å². The van der Waals surface area contributed by atoms with Crippen LogP contribution in [0.3, 0.4) is 0 Å². The summed E-state index contributed by atoms with van der Waals surface area (Å²) < 4.78 is 14.5. The van der Waals surface area contributed by atoms with E-state index in [9.17, 15) is 4.39 Å². The van der Waals surface area contributed by atoms with Crippen LogP contribution in [0.25, 0.3) is 0 Å². The van der Waals surface area contributed by atoms with Crippen molar-refractivity contribution in [3.05, 3.63) is 42.2 Å². The second-order valence-corrected chi connectivity index (χ2v) is 4.15. The Balaban J connectivity index is 1.95. The van der Waals surface area contributed by atoms with Crippen LogP contribution in [0.1, 0.15) is 25.5 Å². The van der Waals surface area contributed by atoms with Gasteiger partial charge in [-0.25, -0.2) is 4.98 Å². The first-order valence-corrected chi connectivity index (χ1v) is 5.53. The Labute approximate surface area is 99.5 Å². The third-order valence-electron chi connectivity index (χ3n) is 2.41.